The second-order valence-electron chi connectivity index (χ2n) is 4.94. The Morgan fingerprint density at radius 2 is 1.80 bits per heavy atom. The zero-order valence-corrected chi connectivity index (χ0v) is 11.3. The molecule has 3 heteroatoms. The molecule has 3 rings (SSSR count). The quantitative estimate of drug-likeness (QED) is 0.747. The number of carboxylic acids is 1. The van der Waals surface area contributed by atoms with Crippen molar-refractivity contribution in [3.05, 3.63) is 59.2 Å². The van der Waals surface area contributed by atoms with Crippen molar-refractivity contribution in [1.82, 2.24) is 0 Å². The maximum atomic E-state index is 11.3. The minimum atomic E-state index is -0.917. The smallest absolute Gasteiger partial charge is 0.335 e. The van der Waals surface area contributed by atoms with Crippen LogP contribution in [-0.2, 0) is 0 Å². The first-order chi connectivity index (χ1) is 9.56. The number of hydrogen-bond acceptors (Lipinski definition) is 2. The number of carbonyl (C=O) groups is 1. The first-order valence-corrected chi connectivity index (χ1v) is 6.40. The zero-order valence-electron chi connectivity index (χ0n) is 11.3. The zero-order chi connectivity index (χ0) is 14.3. The molecule has 0 saturated heterocycles. The van der Waals surface area contributed by atoms with Gasteiger partial charge < -0.3 is 9.52 Å². The van der Waals surface area contributed by atoms with Gasteiger partial charge in [-0.15, -0.1) is 0 Å². The molecule has 1 aromatic heterocycles. The topological polar surface area (TPSA) is 50.4 Å². The van der Waals surface area contributed by atoms with Gasteiger partial charge in [-0.2, -0.15) is 0 Å². The first kappa shape index (κ1) is 12.5. The minimum Gasteiger partial charge on any atom is -0.478 e. The van der Waals surface area contributed by atoms with Crippen LogP contribution in [0.25, 0.3) is 22.3 Å². The van der Waals surface area contributed by atoms with Gasteiger partial charge in [-0.05, 0) is 43.2 Å². The van der Waals surface area contributed by atoms with Gasteiger partial charge in [-0.25, -0.2) is 4.79 Å². The molecule has 0 radical (unpaired) electrons. The third kappa shape index (κ3) is 1.97. The van der Waals surface area contributed by atoms with Gasteiger partial charge in [0, 0.05) is 10.9 Å². The van der Waals surface area contributed by atoms with Crippen LogP contribution in [0.15, 0.2) is 46.9 Å². The highest BCUT2D eigenvalue weighted by Gasteiger charge is 2.14. The number of carboxylic acid groups (broad SMARTS) is 1. The van der Waals surface area contributed by atoms with E-state index in [1.165, 1.54) is 0 Å². The Kier molecular flexibility index (Phi) is 2.83. The normalized spacial score (nSPS) is 10.9. The number of fused-ring (bicyclic) bond motifs is 1. The average molecular weight is 266 g/mol. The van der Waals surface area contributed by atoms with E-state index in [9.17, 15) is 9.90 Å². The summed E-state index contributed by atoms with van der Waals surface area (Å²) in [7, 11) is 0. The van der Waals surface area contributed by atoms with Gasteiger partial charge in [0.05, 0.1) is 5.56 Å². The highest BCUT2D eigenvalue weighted by molar-refractivity contribution is 5.92. The average Bonchev–Trinajstić information content (AvgIpc) is 2.81. The number of benzene rings is 2. The molecule has 20 heavy (non-hydrogen) atoms. The summed E-state index contributed by atoms with van der Waals surface area (Å²) in [6.07, 6.45) is 0. The van der Waals surface area contributed by atoms with Gasteiger partial charge in [-0.1, -0.05) is 24.3 Å². The van der Waals surface area contributed by atoms with Crippen molar-refractivity contribution in [2.45, 2.75) is 13.8 Å². The fraction of sp³-hybridized carbons (Fsp3) is 0.118. The van der Waals surface area contributed by atoms with E-state index in [2.05, 4.69) is 0 Å². The third-order valence-electron chi connectivity index (χ3n) is 3.49. The largest absolute Gasteiger partial charge is 0.478 e. The summed E-state index contributed by atoms with van der Waals surface area (Å²) in [4.78, 5) is 11.3. The molecule has 0 aliphatic heterocycles. The van der Waals surface area contributed by atoms with Crippen molar-refractivity contribution in [2.75, 3.05) is 0 Å². The van der Waals surface area contributed by atoms with E-state index < -0.39 is 5.97 Å². The molecule has 3 nitrogen and oxygen atoms in total. The lowest BCUT2D eigenvalue weighted by Gasteiger charge is -2.07. The summed E-state index contributed by atoms with van der Waals surface area (Å²) in [5.41, 5.74) is 3.70. The van der Waals surface area contributed by atoms with Crippen LogP contribution in [0.5, 0.6) is 0 Å². The first-order valence-electron chi connectivity index (χ1n) is 6.40. The molecule has 100 valence electrons. The van der Waals surface area contributed by atoms with Crippen molar-refractivity contribution < 1.29 is 14.3 Å². The summed E-state index contributed by atoms with van der Waals surface area (Å²) in [5.74, 6) is -0.217. The Balaban J connectivity index is 2.22. The van der Waals surface area contributed by atoms with E-state index in [-0.39, 0.29) is 0 Å². The van der Waals surface area contributed by atoms with Crippen LogP contribution in [0.1, 0.15) is 21.5 Å². The third-order valence-corrected chi connectivity index (χ3v) is 3.49. The number of hydrogen-bond donors (Lipinski definition) is 1. The van der Waals surface area contributed by atoms with Crippen LogP contribution in [0.4, 0.5) is 0 Å². The Hall–Kier alpha value is -2.55. The number of furan rings is 1. The molecule has 0 spiro atoms. The van der Waals surface area contributed by atoms with Gasteiger partial charge in [0.2, 0.25) is 0 Å². The summed E-state index contributed by atoms with van der Waals surface area (Å²) in [6, 6.07) is 13.3. The van der Waals surface area contributed by atoms with E-state index in [1.54, 1.807) is 13.0 Å². The van der Waals surface area contributed by atoms with Crippen molar-refractivity contribution in [3.8, 4) is 11.3 Å². The fourth-order valence-electron chi connectivity index (χ4n) is 2.46. The van der Waals surface area contributed by atoms with Crippen molar-refractivity contribution in [2.24, 2.45) is 0 Å². The van der Waals surface area contributed by atoms with Gasteiger partial charge in [0.25, 0.3) is 0 Å². The predicted octanol–water partition coefficient (Wildman–Crippen LogP) is 4.41. The number of para-hydroxylation sites is 1. The molecule has 2 aromatic carbocycles. The molecule has 0 atom stereocenters. The second kappa shape index (κ2) is 4.53. The highest BCUT2D eigenvalue weighted by atomic mass is 16.4. The van der Waals surface area contributed by atoms with E-state index >= 15 is 0 Å². The molecule has 0 saturated carbocycles. The van der Waals surface area contributed by atoms with E-state index in [1.807, 2.05) is 43.3 Å². The molecule has 1 heterocycles. The molecule has 0 amide bonds. The Morgan fingerprint density at radius 3 is 2.50 bits per heavy atom. The predicted molar refractivity (Wildman–Crippen MR) is 78.1 cm³/mol. The number of rotatable bonds is 2. The maximum absolute atomic E-state index is 11.3. The lowest BCUT2D eigenvalue weighted by atomic mass is 9.98. The molecule has 0 unspecified atom stereocenters. The molecule has 0 bridgehead atoms. The molecule has 0 fully saturated rings. The minimum absolute atomic E-state index is 0.311. The number of aryl methyl sites for hydroxylation is 2. The van der Waals surface area contributed by atoms with Crippen LogP contribution in [-0.4, -0.2) is 11.1 Å². The fourth-order valence-corrected chi connectivity index (χ4v) is 2.46. The lowest BCUT2D eigenvalue weighted by molar-refractivity contribution is 0.0696. The van der Waals surface area contributed by atoms with E-state index in [0.29, 0.717) is 11.3 Å². The summed E-state index contributed by atoms with van der Waals surface area (Å²) >= 11 is 0. The molecule has 3 aromatic rings. The van der Waals surface area contributed by atoms with Crippen molar-refractivity contribution in [3.63, 3.8) is 0 Å². The Morgan fingerprint density at radius 1 is 1.05 bits per heavy atom. The van der Waals surface area contributed by atoms with Crippen molar-refractivity contribution >= 4 is 16.9 Å². The van der Waals surface area contributed by atoms with Crippen LogP contribution in [0, 0.1) is 13.8 Å². The van der Waals surface area contributed by atoms with E-state index in [0.717, 1.165) is 27.7 Å². The summed E-state index contributed by atoms with van der Waals surface area (Å²) < 4.78 is 5.82. The molecule has 0 aliphatic rings. The molecular weight excluding hydrogens is 252 g/mol. The SMILES string of the molecule is Cc1cc(C)c(-c2cc3ccccc3o2)cc1C(=O)O. The van der Waals surface area contributed by atoms with Crippen LogP contribution < -0.4 is 0 Å². The Labute approximate surface area is 116 Å². The van der Waals surface area contributed by atoms with Crippen LogP contribution in [0.2, 0.25) is 0 Å². The van der Waals surface area contributed by atoms with Gasteiger partial charge in [0.1, 0.15) is 11.3 Å². The van der Waals surface area contributed by atoms with Crippen molar-refractivity contribution in [1.29, 1.82) is 0 Å². The van der Waals surface area contributed by atoms with Gasteiger partial charge in [-0.3, -0.25) is 0 Å². The summed E-state index contributed by atoms with van der Waals surface area (Å²) in [6.45, 7) is 3.76. The standard InChI is InChI=1S/C17H14O3/c1-10-7-11(2)14(17(18)19)9-13(10)16-8-12-5-3-4-6-15(12)20-16/h3-9H,1-2H3,(H,18,19). The van der Waals surface area contributed by atoms with Gasteiger partial charge >= 0.3 is 5.97 Å². The summed E-state index contributed by atoms with van der Waals surface area (Å²) in [5, 5.41) is 10.3. The lowest BCUT2D eigenvalue weighted by Crippen LogP contribution is -2.01. The maximum Gasteiger partial charge on any atom is 0.335 e. The molecule has 1 N–H and O–H groups in total. The van der Waals surface area contributed by atoms with E-state index in [4.69, 9.17) is 4.42 Å². The monoisotopic (exact) mass is 266 g/mol. The Bertz CT molecular complexity index is 779. The number of aromatic carboxylic acids is 1. The van der Waals surface area contributed by atoms with Gasteiger partial charge in [0.15, 0.2) is 0 Å². The highest BCUT2D eigenvalue weighted by Crippen LogP contribution is 2.31. The van der Waals surface area contributed by atoms with Crippen LogP contribution >= 0.6 is 0 Å². The van der Waals surface area contributed by atoms with Crippen LogP contribution in [0.3, 0.4) is 0 Å². The molecular formula is C17H14O3. The molecule has 0 aliphatic carbocycles. The second-order valence-corrected chi connectivity index (χ2v) is 4.94.